The molecule has 14 heavy (non-hydrogen) atoms. The Morgan fingerprint density at radius 2 is 2.14 bits per heavy atom. The van der Waals surface area contributed by atoms with Crippen LogP contribution in [0.3, 0.4) is 0 Å². The van der Waals surface area contributed by atoms with Crippen LogP contribution in [0.15, 0.2) is 43.0 Å². The lowest BCUT2D eigenvalue weighted by molar-refractivity contribution is 0.173. The highest BCUT2D eigenvalue weighted by Crippen LogP contribution is 2.32. The molecule has 2 rings (SSSR count). The third kappa shape index (κ3) is 1.86. The van der Waals surface area contributed by atoms with Gasteiger partial charge in [0.1, 0.15) is 0 Å². The van der Waals surface area contributed by atoms with Gasteiger partial charge >= 0.3 is 0 Å². The lowest BCUT2D eigenvalue weighted by Crippen LogP contribution is -2.15. The van der Waals surface area contributed by atoms with E-state index in [1.54, 1.807) is 6.08 Å². The Labute approximate surface area is 84.3 Å². The molecule has 0 radical (unpaired) electrons. The topological polar surface area (TPSA) is 42.2 Å². The third-order valence-corrected chi connectivity index (χ3v) is 2.60. The minimum absolute atomic E-state index is 0.204. The molecule has 2 heteroatoms. The summed E-state index contributed by atoms with van der Waals surface area (Å²) in [4.78, 5) is 0. The van der Waals surface area contributed by atoms with Gasteiger partial charge in [0.25, 0.3) is 0 Å². The molecule has 2 N–H and O–H groups in total. The molecule has 1 aliphatic heterocycles. The average molecular weight is 189 g/mol. The van der Waals surface area contributed by atoms with Gasteiger partial charge in [0.05, 0.1) is 18.2 Å². The highest BCUT2D eigenvalue weighted by atomic mass is 16.3. The van der Waals surface area contributed by atoms with Crippen molar-refractivity contribution in [1.29, 1.82) is 0 Å². The number of benzene rings is 1. The Hall–Kier alpha value is -1.12. The molecule has 0 bridgehead atoms. The first-order chi connectivity index (χ1) is 6.83. The van der Waals surface area contributed by atoms with Crippen LogP contribution in [0.2, 0.25) is 0 Å². The van der Waals surface area contributed by atoms with Crippen LogP contribution in [-0.4, -0.2) is 17.3 Å². The van der Waals surface area contributed by atoms with Crippen molar-refractivity contribution in [2.75, 3.05) is 0 Å². The van der Waals surface area contributed by atoms with Crippen LogP contribution in [0, 0.1) is 0 Å². The molecule has 1 aromatic carbocycles. The minimum Gasteiger partial charge on any atom is -0.391 e. The van der Waals surface area contributed by atoms with Gasteiger partial charge in [0.2, 0.25) is 0 Å². The van der Waals surface area contributed by atoms with Crippen molar-refractivity contribution in [2.45, 2.75) is 24.6 Å². The summed E-state index contributed by atoms with van der Waals surface area (Å²) in [5.74, 6) is 0. The summed E-state index contributed by atoms with van der Waals surface area (Å²) in [5.41, 5.74) is 1.25. The molecule has 0 unspecified atom stereocenters. The highest BCUT2D eigenvalue weighted by Gasteiger charge is 2.41. The second kappa shape index (κ2) is 3.95. The minimum atomic E-state index is -0.308. The first kappa shape index (κ1) is 9.44. The summed E-state index contributed by atoms with van der Waals surface area (Å²) < 4.78 is 0. The van der Waals surface area contributed by atoms with Gasteiger partial charge in [0, 0.05) is 0 Å². The molecule has 0 spiro atoms. The van der Waals surface area contributed by atoms with Crippen molar-refractivity contribution in [2.24, 2.45) is 0 Å². The monoisotopic (exact) mass is 189 g/mol. The fourth-order valence-corrected chi connectivity index (χ4v) is 1.77. The number of nitrogens with one attached hydrogen (secondary N) is 1. The molecule has 2 nitrogen and oxygen atoms in total. The Morgan fingerprint density at radius 3 is 2.79 bits per heavy atom. The molecular weight excluding hydrogens is 174 g/mol. The number of aliphatic hydroxyl groups is 1. The summed E-state index contributed by atoms with van der Waals surface area (Å²) in [6.07, 6.45) is 2.10. The number of rotatable bonds is 4. The highest BCUT2D eigenvalue weighted by molar-refractivity contribution is 5.27. The lowest BCUT2D eigenvalue weighted by Gasteiger charge is -2.04. The molecule has 0 aliphatic carbocycles. The van der Waals surface area contributed by atoms with Gasteiger partial charge in [-0.25, -0.2) is 0 Å². The van der Waals surface area contributed by atoms with Gasteiger partial charge in [-0.2, -0.15) is 0 Å². The van der Waals surface area contributed by atoms with Crippen LogP contribution in [-0.2, 0) is 0 Å². The van der Waals surface area contributed by atoms with Crippen molar-refractivity contribution in [3.8, 4) is 0 Å². The molecule has 0 amide bonds. The third-order valence-electron chi connectivity index (χ3n) is 2.60. The van der Waals surface area contributed by atoms with E-state index in [-0.39, 0.29) is 12.1 Å². The zero-order valence-corrected chi connectivity index (χ0v) is 8.06. The molecule has 3 atom stereocenters. The second-order valence-corrected chi connectivity index (χ2v) is 3.67. The Balaban J connectivity index is 1.96. The summed E-state index contributed by atoms with van der Waals surface area (Å²) in [6, 6.07) is 10.7. The maximum Gasteiger partial charge on any atom is 0.0746 e. The van der Waals surface area contributed by atoms with Crippen molar-refractivity contribution < 1.29 is 5.11 Å². The molecule has 74 valence electrons. The second-order valence-electron chi connectivity index (χ2n) is 3.67. The fraction of sp³-hybridized carbons (Fsp3) is 0.333. The molecule has 1 heterocycles. The largest absolute Gasteiger partial charge is 0.391 e. The SMILES string of the molecule is C=CC[C@H](O)[C@H]1N[C@@H]1c1ccccc1. The number of hydrogen-bond acceptors (Lipinski definition) is 2. The van der Waals surface area contributed by atoms with Crippen LogP contribution in [0.5, 0.6) is 0 Å². The van der Waals surface area contributed by atoms with E-state index in [0.29, 0.717) is 12.5 Å². The number of aliphatic hydroxyl groups excluding tert-OH is 1. The van der Waals surface area contributed by atoms with Crippen LogP contribution in [0.4, 0.5) is 0 Å². The fourth-order valence-electron chi connectivity index (χ4n) is 1.77. The van der Waals surface area contributed by atoms with E-state index in [9.17, 15) is 5.11 Å². The van der Waals surface area contributed by atoms with Crippen molar-refractivity contribution >= 4 is 0 Å². The maximum atomic E-state index is 9.69. The predicted molar refractivity (Wildman–Crippen MR) is 56.9 cm³/mol. The molecule has 0 aromatic heterocycles. The van der Waals surface area contributed by atoms with Gasteiger partial charge in [-0.05, 0) is 12.0 Å². The van der Waals surface area contributed by atoms with Crippen LogP contribution in [0.25, 0.3) is 0 Å². The quantitative estimate of drug-likeness (QED) is 0.558. The first-order valence-corrected chi connectivity index (χ1v) is 4.93. The van der Waals surface area contributed by atoms with Crippen LogP contribution in [0.1, 0.15) is 18.0 Å². The Bertz CT molecular complexity index is 309. The molecule has 1 aromatic rings. The Kier molecular flexibility index (Phi) is 2.66. The van der Waals surface area contributed by atoms with Gasteiger partial charge < -0.3 is 10.4 Å². The van der Waals surface area contributed by atoms with E-state index in [1.807, 2.05) is 18.2 Å². The summed E-state index contributed by atoms with van der Waals surface area (Å²) >= 11 is 0. The van der Waals surface area contributed by atoms with Gasteiger partial charge in [-0.15, -0.1) is 6.58 Å². The zero-order chi connectivity index (χ0) is 9.97. The molecule has 1 aliphatic rings. The van der Waals surface area contributed by atoms with Gasteiger partial charge in [-0.3, -0.25) is 0 Å². The normalized spacial score (nSPS) is 26.9. The van der Waals surface area contributed by atoms with Crippen LogP contribution >= 0.6 is 0 Å². The van der Waals surface area contributed by atoms with E-state index in [1.165, 1.54) is 5.56 Å². The molecule has 0 saturated carbocycles. The lowest BCUT2D eigenvalue weighted by atomic mass is 10.1. The first-order valence-electron chi connectivity index (χ1n) is 4.93. The molecule has 1 saturated heterocycles. The Morgan fingerprint density at radius 1 is 1.43 bits per heavy atom. The van der Waals surface area contributed by atoms with Crippen molar-refractivity contribution in [3.63, 3.8) is 0 Å². The van der Waals surface area contributed by atoms with E-state index in [4.69, 9.17) is 0 Å². The molecule has 1 fully saturated rings. The van der Waals surface area contributed by atoms with E-state index >= 15 is 0 Å². The molecular formula is C12H15NO. The zero-order valence-electron chi connectivity index (χ0n) is 8.06. The average Bonchev–Trinajstić information content (AvgIpc) is 2.99. The van der Waals surface area contributed by atoms with E-state index in [2.05, 4.69) is 24.0 Å². The van der Waals surface area contributed by atoms with Crippen LogP contribution < -0.4 is 5.32 Å². The van der Waals surface area contributed by atoms with E-state index in [0.717, 1.165) is 0 Å². The standard InChI is InChI=1S/C12H15NO/c1-2-6-10(14)12-11(13-12)9-7-4-3-5-8-9/h2-5,7-8,10-14H,1,6H2/t10-,11+,12+/m0/s1. The predicted octanol–water partition coefficient (Wildman–Crippen LogP) is 1.64. The summed E-state index contributed by atoms with van der Waals surface area (Å²) in [5, 5.41) is 13.0. The van der Waals surface area contributed by atoms with Crippen molar-refractivity contribution in [1.82, 2.24) is 5.32 Å². The maximum absolute atomic E-state index is 9.69. The van der Waals surface area contributed by atoms with E-state index < -0.39 is 0 Å². The van der Waals surface area contributed by atoms with Crippen molar-refractivity contribution in [3.05, 3.63) is 48.6 Å². The summed E-state index contributed by atoms with van der Waals surface area (Å²) in [6.45, 7) is 3.62. The smallest absolute Gasteiger partial charge is 0.0746 e. The van der Waals surface area contributed by atoms with Gasteiger partial charge in [0.15, 0.2) is 0 Å². The van der Waals surface area contributed by atoms with Gasteiger partial charge in [-0.1, -0.05) is 36.4 Å². The summed E-state index contributed by atoms with van der Waals surface area (Å²) in [7, 11) is 0. The number of hydrogen-bond donors (Lipinski definition) is 2.